The third kappa shape index (κ3) is 4.74. The maximum absolute atomic E-state index is 13.0. The zero-order chi connectivity index (χ0) is 16.9. The molecule has 2 amide bonds. The first-order valence-electron chi connectivity index (χ1n) is 6.81. The van der Waals surface area contributed by atoms with Gasteiger partial charge in [0.05, 0.1) is 12.5 Å². The summed E-state index contributed by atoms with van der Waals surface area (Å²) in [6, 6.07) is -1.03. The number of nitrogens with one attached hydrogen (secondary N) is 1. The molecular formula is C13H18F2N2O5. The predicted octanol–water partition coefficient (Wildman–Crippen LogP) is 0.0386. The fourth-order valence-electron chi connectivity index (χ4n) is 2.31. The molecule has 1 rings (SSSR count). The van der Waals surface area contributed by atoms with Crippen molar-refractivity contribution in [3.05, 3.63) is 0 Å². The normalized spacial score (nSPS) is 19.1. The fraction of sp³-hybridized carbons (Fsp3) is 0.692. The molecule has 0 aliphatic carbocycles. The van der Waals surface area contributed by atoms with Crippen molar-refractivity contribution in [3.63, 3.8) is 0 Å². The molecule has 1 fully saturated rings. The Kier molecular flexibility index (Phi) is 6.39. The van der Waals surface area contributed by atoms with E-state index in [9.17, 15) is 28.0 Å². The number of carboxylic acid groups (broad SMARTS) is 1. The molecule has 0 bridgehead atoms. The number of rotatable bonds is 7. The number of hydrogen-bond donors (Lipinski definition) is 2. The summed E-state index contributed by atoms with van der Waals surface area (Å²) in [5, 5.41) is 11.1. The van der Waals surface area contributed by atoms with Crippen molar-refractivity contribution in [3.8, 4) is 0 Å². The molecule has 7 nitrogen and oxygen atoms in total. The Labute approximate surface area is 125 Å². The van der Waals surface area contributed by atoms with Crippen LogP contribution >= 0.6 is 0 Å². The van der Waals surface area contributed by atoms with Gasteiger partial charge in [0.2, 0.25) is 18.2 Å². The van der Waals surface area contributed by atoms with Crippen molar-refractivity contribution in [2.45, 2.75) is 38.7 Å². The summed E-state index contributed by atoms with van der Waals surface area (Å²) in [6.45, 7) is 0.725. The van der Waals surface area contributed by atoms with Crippen LogP contribution in [0, 0.1) is 5.92 Å². The SMILES string of the molecule is CC(=O)NCC(=O)C(CC(=O)N1CCC[C@H]1C(=O)O)C(F)F. The zero-order valence-corrected chi connectivity index (χ0v) is 12.1. The second kappa shape index (κ2) is 7.81. The number of aliphatic carboxylic acids is 1. The minimum Gasteiger partial charge on any atom is -0.480 e. The van der Waals surface area contributed by atoms with E-state index in [4.69, 9.17) is 5.11 Å². The summed E-state index contributed by atoms with van der Waals surface area (Å²) in [5.41, 5.74) is 0. The van der Waals surface area contributed by atoms with E-state index in [0.717, 1.165) is 11.8 Å². The number of Topliss-reactive ketones (excluding diaryl/α,β-unsaturated/α-hetero) is 1. The van der Waals surface area contributed by atoms with Crippen LogP contribution in [-0.2, 0) is 19.2 Å². The smallest absolute Gasteiger partial charge is 0.326 e. The number of carbonyl (C=O) groups is 4. The largest absolute Gasteiger partial charge is 0.480 e. The summed E-state index contributed by atoms with van der Waals surface area (Å²) in [7, 11) is 0. The zero-order valence-electron chi connectivity index (χ0n) is 12.1. The Morgan fingerprint density at radius 1 is 1.32 bits per heavy atom. The van der Waals surface area contributed by atoms with E-state index in [1.54, 1.807) is 0 Å². The molecule has 0 aromatic rings. The molecule has 22 heavy (non-hydrogen) atoms. The van der Waals surface area contributed by atoms with Gasteiger partial charge in [-0.3, -0.25) is 14.4 Å². The van der Waals surface area contributed by atoms with Gasteiger partial charge in [0, 0.05) is 19.9 Å². The van der Waals surface area contributed by atoms with E-state index in [1.807, 2.05) is 0 Å². The van der Waals surface area contributed by atoms with E-state index < -0.39 is 54.9 Å². The Morgan fingerprint density at radius 3 is 2.45 bits per heavy atom. The van der Waals surface area contributed by atoms with E-state index in [1.165, 1.54) is 0 Å². The quantitative estimate of drug-likeness (QED) is 0.689. The number of carbonyl (C=O) groups excluding carboxylic acids is 3. The van der Waals surface area contributed by atoms with Gasteiger partial charge in [-0.15, -0.1) is 0 Å². The van der Waals surface area contributed by atoms with Crippen LogP contribution in [0.1, 0.15) is 26.2 Å². The highest BCUT2D eigenvalue weighted by atomic mass is 19.3. The molecule has 0 spiro atoms. The molecule has 0 aromatic heterocycles. The number of amides is 2. The third-order valence-corrected chi connectivity index (χ3v) is 3.48. The average molecular weight is 320 g/mol. The van der Waals surface area contributed by atoms with Crippen molar-refractivity contribution in [2.75, 3.05) is 13.1 Å². The second-order valence-electron chi connectivity index (χ2n) is 5.10. The van der Waals surface area contributed by atoms with Crippen molar-refractivity contribution < 1.29 is 33.1 Å². The van der Waals surface area contributed by atoms with E-state index >= 15 is 0 Å². The Bertz CT molecular complexity index is 469. The monoisotopic (exact) mass is 320 g/mol. The number of halogens is 2. The number of carboxylic acids is 1. The second-order valence-corrected chi connectivity index (χ2v) is 5.10. The molecule has 0 saturated carbocycles. The van der Waals surface area contributed by atoms with Gasteiger partial charge >= 0.3 is 5.97 Å². The van der Waals surface area contributed by atoms with Crippen LogP contribution in [0.3, 0.4) is 0 Å². The molecular weight excluding hydrogens is 302 g/mol. The lowest BCUT2D eigenvalue weighted by Gasteiger charge is -2.23. The molecule has 1 aliphatic heterocycles. The Balaban J connectivity index is 2.70. The van der Waals surface area contributed by atoms with Crippen molar-refractivity contribution in [1.29, 1.82) is 0 Å². The van der Waals surface area contributed by atoms with Gasteiger partial charge in [-0.2, -0.15) is 0 Å². The minimum absolute atomic E-state index is 0.172. The fourth-order valence-corrected chi connectivity index (χ4v) is 2.31. The van der Waals surface area contributed by atoms with Gasteiger partial charge in [-0.25, -0.2) is 13.6 Å². The number of alkyl halides is 2. The summed E-state index contributed by atoms with van der Waals surface area (Å²) >= 11 is 0. The van der Waals surface area contributed by atoms with Gasteiger partial charge in [-0.1, -0.05) is 0 Å². The predicted molar refractivity (Wildman–Crippen MR) is 70.2 cm³/mol. The lowest BCUT2D eigenvalue weighted by atomic mass is 9.99. The van der Waals surface area contributed by atoms with Crippen LogP contribution < -0.4 is 5.32 Å². The van der Waals surface area contributed by atoms with Gasteiger partial charge in [-0.05, 0) is 12.8 Å². The standard InChI is InChI=1S/C13H18F2N2O5/c1-7(18)16-6-10(19)8(12(14)15)5-11(20)17-4-2-3-9(17)13(21)22/h8-9,12H,2-6H2,1H3,(H,16,18)(H,21,22)/t8?,9-/m0/s1. The van der Waals surface area contributed by atoms with Crippen molar-refractivity contribution in [1.82, 2.24) is 10.2 Å². The molecule has 9 heteroatoms. The highest BCUT2D eigenvalue weighted by molar-refractivity contribution is 5.92. The number of ketones is 1. The van der Waals surface area contributed by atoms with Gasteiger partial charge < -0.3 is 15.3 Å². The van der Waals surface area contributed by atoms with Gasteiger partial charge in [0.1, 0.15) is 6.04 Å². The Hall–Kier alpha value is -2.06. The van der Waals surface area contributed by atoms with Crippen LogP contribution in [0.15, 0.2) is 0 Å². The van der Waals surface area contributed by atoms with Gasteiger partial charge in [0.25, 0.3) is 0 Å². The minimum atomic E-state index is -3.06. The lowest BCUT2D eigenvalue weighted by molar-refractivity contribution is -0.149. The molecule has 1 unspecified atom stereocenters. The maximum Gasteiger partial charge on any atom is 0.326 e. The topological polar surface area (TPSA) is 104 Å². The number of hydrogen-bond acceptors (Lipinski definition) is 4. The van der Waals surface area contributed by atoms with E-state index in [0.29, 0.717) is 6.42 Å². The van der Waals surface area contributed by atoms with Crippen molar-refractivity contribution in [2.24, 2.45) is 5.92 Å². The van der Waals surface area contributed by atoms with Crippen LogP contribution in [0.25, 0.3) is 0 Å². The maximum atomic E-state index is 13.0. The van der Waals surface area contributed by atoms with Crippen molar-refractivity contribution >= 4 is 23.6 Å². The lowest BCUT2D eigenvalue weighted by Crippen LogP contribution is -2.43. The average Bonchev–Trinajstić information content (AvgIpc) is 2.91. The molecule has 0 aromatic carbocycles. The van der Waals surface area contributed by atoms with Crippen LogP contribution in [0.4, 0.5) is 8.78 Å². The van der Waals surface area contributed by atoms with E-state index in [-0.39, 0.29) is 13.0 Å². The summed E-state index contributed by atoms with van der Waals surface area (Å²) in [6.07, 6.45) is -3.08. The molecule has 0 radical (unpaired) electrons. The highest BCUT2D eigenvalue weighted by Crippen LogP contribution is 2.22. The first-order chi connectivity index (χ1) is 10.2. The number of likely N-dealkylation sites (tertiary alicyclic amines) is 1. The highest BCUT2D eigenvalue weighted by Gasteiger charge is 2.37. The van der Waals surface area contributed by atoms with Gasteiger partial charge in [0.15, 0.2) is 5.78 Å². The van der Waals surface area contributed by atoms with E-state index in [2.05, 4.69) is 5.32 Å². The Morgan fingerprint density at radius 2 is 1.95 bits per heavy atom. The molecule has 2 atom stereocenters. The first kappa shape index (κ1) is 18.0. The van der Waals surface area contributed by atoms with Crippen LogP contribution in [0.5, 0.6) is 0 Å². The molecule has 2 N–H and O–H groups in total. The molecule has 1 aliphatic rings. The van der Waals surface area contributed by atoms with Crippen LogP contribution in [-0.4, -0.2) is 59.1 Å². The summed E-state index contributed by atoms with van der Waals surface area (Å²) in [5.74, 6) is -5.33. The molecule has 1 heterocycles. The third-order valence-electron chi connectivity index (χ3n) is 3.48. The molecule has 124 valence electrons. The number of nitrogens with zero attached hydrogens (tertiary/aromatic N) is 1. The first-order valence-corrected chi connectivity index (χ1v) is 6.81. The summed E-state index contributed by atoms with van der Waals surface area (Å²) in [4.78, 5) is 46.4. The van der Waals surface area contributed by atoms with Crippen LogP contribution in [0.2, 0.25) is 0 Å². The summed E-state index contributed by atoms with van der Waals surface area (Å²) < 4.78 is 25.9. The molecule has 1 saturated heterocycles.